The van der Waals surface area contributed by atoms with Gasteiger partial charge in [-0.15, -0.1) is 0 Å². The number of halogens is 1. The average Bonchev–Trinajstić information content (AvgIpc) is 2.53. The van der Waals surface area contributed by atoms with Gasteiger partial charge in [-0.25, -0.2) is 12.8 Å². The lowest BCUT2D eigenvalue weighted by molar-refractivity contribution is 0.389. The maximum Gasteiger partial charge on any atom is 0.247 e. The SMILES string of the molecule is CCN(Cc1ccccc1)S(=O)(=O)c1cc(F)ccc1OC. The summed E-state index contributed by atoms with van der Waals surface area (Å²) in [6.07, 6.45) is 0. The molecule has 22 heavy (non-hydrogen) atoms. The molecule has 118 valence electrons. The Balaban J connectivity index is 2.41. The Morgan fingerprint density at radius 2 is 1.82 bits per heavy atom. The Hall–Kier alpha value is -1.92. The molecule has 4 nitrogen and oxygen atoms in total. The highest BCUT2D eigenvalue weighted by Gasteiger charge is 2.27. The Morgan fingerprint density at radius 1 is 1.14 bits per heavy atom. The molecule has 0 radical (unpaired) electrons. The van der Waals surface area contributed by atoms with E-state index in [0.717, 1.165) is 11.6 Å². The molecule has 2 aromatic rings. The Morgan fingerprint density at radius 3 is 2.41 bits per heavy atom. The van der Waals surface area contributed by atoms with Crippen molar-refractivity contribution in [2.75, 3.05) is 13.7 Å². The zero-order valence-corrected chi connectivity index (χ0v) is 13.3. The van der Waals surface area contributed by atoms with E-state index in [9.17, 15) is 12.8 Å². The van der Waals surface area contributed by atoms with Crippen molar-refractivity contribution in [1.82, 2.24) is 4.31 Å². The van der Waals surface area contributed by atoms with Crippen LogP contribution in [0.15, 0.2) is 53.4 Å². The molecule has 6 heteroatoms. The van der Waals surface area contributed by atoms with Crippen LogP contribution in [0.2, 0.25) is 0 Å². The van der Waals surface area contributed by atoms with Crippen molar-refractivity contribution in [3.63, 3.8) is 0 Å². The van der Waals surface area contributed by atoms with Crippen LogP contribution in [-0.2, 0) is 16.6 Å². The first-order valence-electron chi connectivity index (χ1n) is 6.86. The summed E-state index contributed by atoms with van der Waals surface area (Å²) in [4.78, 5) is -0.159. The predicted octanol–water partition coefficient (Wildman–Crippen LogP) is 3.05. The minimum absolute atomic E-state index is 0.132. The third kappa shape index (κ3) is 3.45. The maximum absolute atomic E-state index is 13.5. The van der Waals surface area contributed by atoms with Crippen LogP contribution in [0.1, 0.15) is 12.5 Å². The van der Waals surface area contributed by atoms with E-state index in [-0.39, 0.29) is 23.7 Å². The van der Waals surface area contributed by atoms with E-state index >= 15 is 0 Å². The molecule has 0 atom stereocenters. The molecule has 0 amide bonds. The van der Waals surface area contributed by atoms with Gasteiger partial charge in [-0.1, -0.05) is 37.3 Å². The first-order valence-corrected chi connectivity index (χ1v) is 8.30. The van der Waals surface area contributed by atoms with Gasteiger partial charge in [0.05, 0.1) is 7.11 Å². The Labute approximate surface area is 130 Å². The van der Waals surface area contributed by atoms with Gasteiger partial charge in [0.2, 0.25) is 10.0 Å². The lowest BCUT2D eigenvalue weighted by Crippen LogP contribution is -2.30. The minimum Gasteiger partial charge on any atom is -0.495 e. The number of methoxy groups -OCH3 is 1. The molecule has 0 aliphatic rings. The lowest BCUT2D eigenvalue weighted by Gasteiger charge is -2.21. The zero-order valence-electron chi connectivity index (χ0n) is 12.5. The molecule has 0 heterocycles. The molecule has 0 saturated carbocycles. The van der Waals surface area contributed by atoms with Crippen molar-refractivity contribution in [1.29, 1.82) is 0 Å². The number of ether oxygens (including phenoxy) is 1. The predicted molar refractivity (Wildman–Crippen MR) is 82.7 cm³/mol. The van der Waals surface area contributed by atoms with Crippen LogP contribution >= 0.6 is 0 Å². The van der Waals surface area contributed by atoms with E-state index < -0.39 is 15.8 Å². The van der Waals surface area contributed by atoms with Gasteiger partial charge in [-0.2, -0.15) is 4.31 Å². The summed E-state index contributed by atoms with van der Waals surface area (Å²) in [6, 6.07) is 12.7. The van der Waals surface area contributed by atoms with Crippen LogP contribution in [0.3, 0.4) is 0 Å². The van der Waals surface area contributed by atoms with Crippen molar-refractivity contribution >= 4 is 10.0 Å². The van der Waals surface area contributed by atoms with Crippen molar-refractivity contribution in [3.05, 3.63) is 59.9 Å². The average molecular weight is 323 g/mol. The second-order valence-electron chi connectivity index (χ2n) is 4.71. The molecular formula is C16H18FNO3S. The van der Waals surface area contributed by atoms with Crippen LogP contribution in [-0.4, -0.2) is 26.4 Å². The van der Waals surface area contributed by atoms with Crippen molar-refractivity contribution in [3.8, 4) is 5.75 Å². The molecule has 0 unspecified atom stereocenters. The van der Waals surface area contributed by atoms with Crippen molar-refractivity contribution < 1.29 is 17.5 Å². The summed E-state index contributed by atoms with van der Waals surface area (Å²) in [5, 5.41) is 0. The molecule has 0 saturated heterocycles. The molecule has 0 aliphatic heterocycles. The number of hydrogen-bond donors (Lipinski definition) is 0. The van der Waals surface area contributed by atoms with E-state index in [1.54, 1.807) is 6.92 Å². The quantitative estimate of drug-likeness (QED) is 0.821. The second kappa shape index (κ2) is 6.89. The van der Waals surface area contributed by atoms with E-state index in [0.29, 0.717) is 0 Å². The van der Waals surface area contributed by atoms with E-state index in [4.69, 9.17) is 4.74 Å². The Kier molecular flexibility index (Phi) is 5.15. The van der Waals surface area contributed by atoms with Gasteiger partial charge < -0.3 is 4.74 Å². The fourth-order valence-electron chi connectivity index (χ4n) is 2.15. The van der Waals surface area contributed by atoms with Gasteiger partial charge in [0.25, 0.3) is 0 Å². The summed E-state index contributed by atoms with van der Waals surface area (Å²) in [5.41, 5.74) is 0.864. The van der Waals surface area contributed by atoms with Gasteiger partial charge in [0.1, 0.15) is 16.5 Å². The van der Waals surface area contributed by atoms with Gasteiger partial charge in [0, 0.05) is 13.1 Å². The van der Waals surface area contributed by atoms with Crippen LogP contribution in [0, 0.1) is 5.82 Å². The number of sulfonamides is 1. The highest BCUT2D eigenvalue weighted by molar-refractivity contribution is 7.89. The zero-order chi connectivity index (χ0) is 16.2. The maximum atomic E-state index is 13.5. The van der Waals surface area contributed by atoms with E-state index in [1.165, 1.54) is 23.5 Å². The highest BCUT2D eigenvalue weighted by atomic mass is 32.2. The number of nitrogens with zero attached hydrogens (tertiary/aromatic N) is 1. The molecule has 0 N–H and O–H groups in total. The second-order valence-corrected chi connectivity index (χ2v) is 6.62. The number of hydrogen-bond acceptors (Lipinski definition) is 3. The van der Waals surface area contributed by atoms with Gasteiger partial charge in [-0.3, -0.25) is 0 Å². The molecule has 2 aromatic carbocycles. The van der Waals surface area contributed by atoms with E-state index in [2.05, 4.69) is 0 Å². The molecule has 0 aliphatic carbocycles. The van der Waals surface area contributed by atoms with E-state index in [1.807, 2.05) is 30.3 Å². The first-order chi connectivity index (χ1) is 10.5. The Bertz CT molecular complexity index is 732. The highest BCUT2D eigenvalue weighted by Crippen LogP contribution is 2.28. The first kappa shape index (κ1) is 16.5. The standard InChI is InChI=1S/C16H18FNO3S/c1-3-18(12-13-7-5-4-6-8-13)22(19,20)16-11-14(17)9-10-15(16)21-2/h4-11H,3,12H2,1-2H3. The topological polar surface area (TPSA) is 46.6 Å². The fraction of sp³-hybridized carbons (Fsp3) is 0.250. The molecule has 0 aromatic heterocycles. The third-order valence-corrected chi connectivity index (χ3v) is 5.24. The van der Waals surface area contributed by atoms with Crippen molar-refractivity contribution in [2.24, 2.45) is 0 Å². The molecule has 2 rings (SSSR count). The van der Waals surface area contributed by atoms with Crippen LogP contribution in [0.5, 0.6) is 5.75 Å². The number of benzene rings is 2. The summed E-state index contributed by atoms with van der Waals surface area (Å²) in [5.74, 6) is -0.483. The van der Waals surface area contributed by atoms with Gasteiger partial charge >= 0.3 is 0 Å². The van der Waals surface area contributed by atoms with Crippen LogP contribution in [0.4, 0.5) is 4.39 Å². The normalized spacial score (nSPS) is 11.6. The lowest BCUT2D eigenvalue weighted by atomic mass is 10.2. The summed E-state index contributed by atoms with van der Waals surface area (Å²) >= 11 is 0. The summed E-state index contributed by atoms with van der Waals surface area (Å²) in [7, 11) is -2.49. The summed E-state index contributed by atoms with van der Waals surface area (Å²) in [6.45, 7) is 2.24. The smallest absolute Gasteiger partial charge is 0.247 e. The summed E-state index contributed by atoms with van der Waals surface area (Å²) < 4.78 is 45.4. The van der Waals surface area contributed by atoms with Gasteiger partial charge in [-0.05, 0) is 23.8 Å². The molecular weight excluding hydrogens is 305 g/mol. The molecule has 0 bridgehead atoms. The molecule has 0 fully saturated rings. The monoisotopic (exact) mass is 323 g/mol. The number of rotatable bonds is 6. The third-order valence-electron chi connectivity index (χ3n) is 3.30. The minimum atomic E-state index is -3.85. The molecule has 0 spiro atoms. The largest absolute Gasteiger partial charge is 0.495 e. The van der Waals surface area contributed by atoms with Crippen LogP contribution in [0.25, 0.3) is 0 Å². The van der Waals surface area contributed by atoms with Crippen LogP contribution < -0.4 is 4.74 Å². The van der Waals surface area contributed by atoms with Gasteiger partial charge in [0.15, 0.2) is 0 Å². The fourth-order valence-corrected chi connectivity index (χ4v) is 3.75. The van der Waals surface area contributed by atoms with Crippen molar-refractivity contribution in [2.45, 2.75) is 18.4 Å².